The molecular weight excluding hydrogens is 183 g/mol. The first-order valence-corrected chi connectivity index (χ1v) is 4.38. The first kappa shape index (κ1) is 9.15. The third-order valence-corrected chi connectivity index (χ3v) is 1.89. The number of benzene rings is 1. The van der Waals surface area contributed by atoms with E-state index < -0.39 is 22.6 Å². The van der Waals surface area contributed by atoms with Gasteiger partial charge in [-0.15, -0.1) is 0 Å². The highest BCUT2D eigenvalue weighted by Gasteiger charge is 2.05. The van der Waals surface area contributed by atoms with Crippen LogP contribution in [0.5, 0.6) is 5.75 Å². The molecule has 0 saturated carbocycles. The zero-order valence-corrected chi connectivity index (χ0v) is 6.81. The molecule has 1 unspecified atom stereocenters. The lowest BCUT2D eigenvalue weighted by molar-refractivity contribution is 0.427. The summed E-state index contributed by atoms with van der Waals surface area (Å²) >= 11 is -2.31. The Morgan fingerprint density at radius 2 is 2.25 bits per heavy atom. The summed E-state index contributed by atoms with van der Waals surface area (Å²) in [6.07, 6.45) is 0. The lowest BCUT2D eigenvalue weighted by Crippen LogP contribution is -1.94. The van der Waals surface area contributed by atoms with Crippen LogP contribution in [0.25, 0.3) is 0 Å². The van der Waals surface area contributed by atoms with Gasteiger partial charge in [-0.2, -0.15) is 0 Å². The molecular formula is C7H6FO3S-. The molecule has 1 atom stereocenters. The Labute approximate surface area is 71.1 Å². The molecule has 0 aliphatic carbocycles. The number of hydrogen-bond donors (Lipinski definition) is 1. The summed E-state index contributed by atoms with van der Waals surface area (Å²) in [4.78, 5) is 0. The maximum absolute atomic E-state index is 12.6. The lowest BCUT2D eigenvalue weighted by atomic mass is 10.2. The fourth-order valence-electron chi connectivity index (χ4n) is 0.803. The molecule has 1 rings (SSSR count). The van der Waals surface area contributed by atoms with Crippen LogP contribution >= 0.6 is 0 Å². The zero-order chi connectivity index (χ0) is 9.14. The predicted octanol–water partition coefficient (Wildman–Crippen LogP) is 0.910. The number of halogens is 1. The number of aromatic hydroxyl groups is 1. The minimum absolute atomic E-state index is 0.0725. The Hall–Kier alpha value is -0.940. The fourth-order valence-corrected chi connectivity index (χ4v) is 1.29. The van der Waals surface area contributed by atoms with Crippen molar-refractivity contribution in [1.29, 1.82) is 0 Å². The van der Waals surface area contributed by atoms with E-state index >= 15 is 0 Å². The molecule has 0 fully saturated rings. The van der Waals surface area contributed by atoms with Crippen LogP contribution in [0.1, 0.15) is 5.56 Å². The predicted molar refractivity (Wildman–Crippen MR) is 40.7 cm³/mol. The molecule has 0 amide bonds. The first-order chi connectivity index (χ1) is 5.61. The molecule has 0 aliphatic heterocycles. The van der Waals surface area contributed by atoms with Crippen LogP contribution in [0.15, 0.2) is 18.2 Å². The fraction of sp³-hybridized carbons (Fsp3) is 0.143. The van der Waals surface area contributed by atoms with E-state index in [9.17, 15) is 13.2 Å². The van der Waals surface area contributed by atoms with E-state index in [-0.39, 0.29) is 11.3 Å². The normalized spacial score (nSPS) is 12.8. The van der Waals surface area contributed by atoms with Crippen molar-refractivity contribution in [2.75, 3.05) is 0 Å². The molecule has 0 radical (unpaired) electrons. The molecule has 12 heavy (non-hydrogen) atoms. The summed E-state index contributed by atoms with van der Waals surface area (Å²) < 4.78 is 33.0. The monoisotopic (exact) mass is 189 g/mol. The average Bonchev–Trinajstić information content (AvgIpc) is 1.98. The summed E-state index contributed by atoms with van der Waals surface area (Å²) in [5.41, 5.74) is 0.0725. The van der Waals surface area contributed by atoms with Crippen molar-refractivity contribution in [3.05, 3.63) is 29.6 Å². The third kappa shape index (κ3) is 2.02. The molecule has 0 aliphatic rings. The third-order valence-electron chi connectivity index (χ3n) is 1.34. The maximum atomic E-state index is 12.6. The number of hydrogen-bond acceptors (Lipinski definition) is 3. The van der Waals surface area contributed by atoms with Gasteiger partial charge in [0.15, 0.2) is 11.6 Å². The van der Waals surface area contributed by atoms with Crippen molar-refractivity contribution in [3.63, 3.8) is 0 Å². The second kappa shape index (κ2) is 3.64. The van der Waals surface area contributed by atoms with Gasteiger partial charge in [0.1, 0.15) is 0 Å². The summed E-state index contributed by atoms with van der Waals surface area (Å²) in [6, 6.07) is 3.76. The number of phenols is 1. The lowest BCUT2D eigenvalue weighted by Gasteiger charge is -2.06. The summed E-state index contributed by atoms with van der Waals surface area (Å²) in [5, 5.41) is 9.00. The molecule has 3 nitrogen and oxygen atoms in total. The molecule has 1 aromatic rings. The van der Waals surface area contributed by atoms with Gasteiger partial charge in [-0.3, -0.25) is 4.21 Å². The van der Waals surface area contributed by atoms with Crippen molar-refractivity contribution in [2.24, 2.45) is 0 Å². The quantitative estimate of drug-likeness (QED) is 0.703. The molecule has 0 spiro atoms. The van der Waals surface area contributed by atoms with Crippen LogP contribution in [0.4, 0.5) is 4.39 Å². The van der Waals surface area contributed by atoms with Crippen molar-refractivity contribution < 1.29 is 18.3 Å². The molecule has 1 aromatic carbocycles. The Morgan fingerprint density at radius 3 is 2.83 bits per heavy atom. The molecule has 0 saturated heterocycles. The van der Waals surface area contributed by atoms with Crippen molar-refractivity contribution in [3.8, 4) is 5.75 Å². The van der Waals surface area contributed by atoms with Gasteiger partial charge in [0.05, 0.1) is 0 Å². The molecule has 1 N–H and O–H groups in total. The molecule has 5 heteroatoms. The van der Waals surface area contributed by atoms with E-state index in [0.717, 1.165) is 6.07 Å². The van der Waals surface area contributed by atoms with Gasteiger partial charge >= 0.3 is 0 Å². The van der Waals surface area contributed by atoms with E-state index in [0.29, 0.717) is 0 Å². The summed E-state index contributed by atoms with van der Waals surface area (Å²) in [7, 11) is 0. The van der Waals surface area contributed by atoms with Crippen LogP contribution < -0.4 is 0 Å². The highest BCUT2D eigenvalue weighted by molar-refractivity contribution is 7.78. The number of rotatable bonds is 2. The van der Waals surface area contributed by atoms with E-state index in [2.05, 4.69) is 0 Å². The Kier molecular flexibility index (Phi) is 2.78. The van der Waals surface area contributed by atoms with Crippen LogP contribution in [0.2, 0.25) is 0 Å². The summed E-state index contributed by atoms with van der Waals surface area (Å²) in [6.45, 7) is 0. The second-order valence-corrected chi connectivity index (χ2v) is 3.09. The van der Waals surface area contributed by atoms with Crippen LogP contribution in [-0.4, -0.2) is 13.9 Å². The maximum Gasteiger partial charge on any atom is 0.165 e. The molecule has 66 valence electrons. The SMILES string of the molecule is O=S([O-])Cc1cccc(F)c1O. The van der Waals surface area contributed by atoms with E-state index in [1.165, 1.54) is 12.1 Å². The van der Waals surface area contributed by atoms with E-state index in [4.69, 9.17) is 5.11 Å². The minimum Gasteiger partial charge on any atom is -0.772 e. The van der Waals surface area contributed by atoms with Gasteiger partial charge in [-0.05, 0) is 6.07 Å². The molecule has 0 aromatic heterocycles. The highest BCUT2D eigenvalue weighted by Crippen LogP contribution is 2.21. The number of para-hydroxylation sites is 1. The average molecular weight is 189 g/mol. The van der Waals surface area contributed by atoms with Gasteiger partial charge in [-0.1, -0.05) is 23.2 Å². The van der Waals surface area contributed by atoms with Gasteiger partial charge in [0, 0.05) is 11.3 Å². The smallest absolute Gasteiger partial charge is 0.165 e. The molecule has 0 bridgehead atoms. The van der Waals surface area contributed by atoms with Crippen molar-refractivity contribution in [2.45, 2.75) is 5.75 Å². The van der Waals surface area contributed by atoms with E-state index in [1.807, 2.05) is 0 Å². The van der Waals surface area contributed by atoms with Gasteiger partial charge in [-0.25, -0.2) is 4.39 Å². The Morgan fingerprint density at radius 1 is 1.58 bits per heavy atom. The van der Waals surface area contributed by atoms with Crippen LogP contribution in [0, 0.1) is 5.82 Å². The van der Waals surface area contributed by atoms with Gasteiger partial charge in [0.25, 0.3) is 0 Å². The zero-order valence-electron chi connectivity index (χ0n) is 5.99. The first-order valence-electron chi connectivity index (χ1n) is 3.13. The highest BCUT2D eigenvalue weighted by atomic mass is 32.2. The Balaban J connectivity index is 3.00. The van der Waals surface area contributed by atoms with Crippen LogP contribution in [0.3, 0.4) is 0 Å². The topological polar surface area (TPSA) is 60.4 Å². The van der Waals surface area contributed by atoms with Gasteiger partial charge < -0.3 is 9.66 Å². The molecule has 0 heterocycles. The minimum atomic E-state index is -2.31. The standard InChI is InChI=1S/C7H7FO3S/c8-6-3-1-2-5(7(6)9)4-12(10)11/h1-3,9H,4H2,(H,10,11)/p-1. The number of phenolic OH excluding ortho intramolecular Hbond substituents is 1. The summed E-state index contributed by atoms with van der Waals surface area (Å²) in [5.74, 6) is -1.77. The second-order valence-electron chi connectivity index (χ2n) is 2.20. The largest absolute Gasteiger partial charge is 0.772 e. The van der Waals surface area contributed by atoms with Crippen molar-refractivity contribution >= 4 is 11.1 Å². The van der Waals surface area contributed by atoms with Gasteiger partial charge in [0.2, 0.25) is 0 Å². The Bertz CT molecular complexity index is 314. The van der Waals surface area contributed by atoms with E-state index in [1.54, 1.807) is 0 Å². The van der Waals surface area contributed by atoms with Crippen LogP contribution in [-0.2, 0) is 16.8 Å². The van der Waals surface area contributed by atoms with Crippen molar-refractivity contribution in [1.82, 2.24) is 0 Å².